The number of hydrogen-bond acceptors (Lipinski definition) is 9. The van der Waals surface area contributed by atoms with Gasteiger partial charge in [0.15, 0.2) is 6.29 Å². The van der Waals surface area contributed by atoms with Gasteiger partial charge in [-0.2, -0.15) is 0 Å². The lowest BCUT2D eigenvalue weighted by Gasteiger charge is -2.49. The van der Waals surface area contributed by atoms with Crippen molar-refractivity contribution in [1.29, 1.82) is 0 Å². The fraction of sp³-hybridized carbons (Fsp3) is 0.727. The van der Waals surface area contributed by atoms with Gasteiger partial charge in [-0.25, -0.2) is 0 Å². The Morgan fingerprint density at radius 1 is 1.16 bits per heavy atom. The number of benzene rings is 1. The van der Waals surface area contributed by atoms with Gasteiger partial charge in [-0.05, 0) is 32.4 Å². The van der Waals surface area contributed by atoms with Crippen LogP contribution >= 0.6 is 0 Å². The molecular formula is C22H38N4O5. The molecule has 0 amide bonds. The second kappa shape index (κ2) is 11.1. The van der Waals surface area contributed by atoms with Crippen molar-refractivity contribution < 1.29 is 24.1 Å². The van der Waals surface area contributed by atoms with Gasteiger partial charge < -0.3 is 46.6 Å². The van der Waals surface area contributed by atoms with Gasteiger partial charge in [0.05, 0.1) is 36.9 Å². The van der Waals surface area contributed by atoms with Gasteiger partial charge in [0.25, 0.3) is 0 Å². The normalized spacial score (nSPS) is 39.9. The zero-order chi connectivity index (χ0) is 22.5. The summed E-state index contributed by atoms with van der Waals surface area (Å²) in [6, 6.07) is 8.26. The number of methoxy groups -OCH3 is 1. The lowest BCUT2D eigenvalue weighted by molar-refractivity contribution is -0.266. The SMILES string of the molecule is CN[C@@H]1[C@@H](O)[C@H](O[C@H]2O[C@H](C(C)N)CC[C@H]2N)C(N)[C@@H](OCc2ccccc2)[C@@H]1OC. The van der Waals surface area contributed by atoms with Crippen LogP contribution in [0.5, 0.6) is 0 Å². The summed E-state index contributed by atoms with van der Waals surface area (Å²) in [6.07, 6.45) is -2.04. The minimum atomic E-state index is -0.937. The molecule has 2 aliphatic rings. The van der Waals surface area contributed by atoms with Crippen LogP contribution in [0.4, 0.5) is 0 Å². The van der Waals surface area contributed by atoms with Crippen LogP contribution in [0.3, 0.4) is 0 Å². The molecule has 0 aromatic heterocycles. The largest absolute Gasteiger partial charge is 0.389 e. The minimum absolute atomic E-state index is 0.145. The molecule has 1 saturated heterocycles. The predicted octanol–water partition coefficient (Wildman–Crippen LogP) is -0.559. The predicted molar refractivity (Wildman–Crippen MR) is 117 cm³/mol. The Labute approximate surface area is 184 Å². The lowest BCUT2D eigenvalue weighted by atomic mass is 9.81. The molecule has 1 aromatic rings. The van der Waals surface area contributed by atoms with Gasteiger partial charge >= 0.3 is 0 Å². The first-order valence-electron chi connectivity index (χ1n) is 11.0. The Morgan fingerprint density at radius 3 is 2.48 bits per heavy atom. The summed E-state index contributed by atoms with van der Waals surface area (Å²) in [6.45, 7) is 2.26. The van der Waals surface area contributed by atoms with Crippen molar-refractivity contribution in [3.63, 3.8) is 0 Å². The van der Waals surface area contributed by atoms with Gasteiger partial charge in [0.2, 0.25) is 0 Å². The maximum absolute atomic E-state index is 11.1. The fourth-order valence-electron chi connectivity index (χ4n) is 4.51. The van der Waals surface area contributed by atoms with E-state index in [1.165, 1.54) is 0 Å². The second-order valence-corrected chi connectivity index (χ2v) is 8.59. The highest BCUT2D eigenvalue weighted by molar-refractivity contribution is 5.14. The first kappa shape index (κ1) is 24.5. The van der Waals surface area contributed by atoms with E-state index in [2.05, 4.69) is 5.32 Å². The Hall–Kier alpha value is -1.14. The van der Waals surface area contributed by atoms with Crippen molar-refractivity contribution >= 4 is 0 Å². The third kappa shape index (κ3) is 5.62. The average Bonchev–Trinajstić information content (AvgIpc) is 2.77. The number of aliphatic hydroxyl groups excluding tert-OH is 1. The Bertz CT molecular complexity index is 667. The van der Waals surface area contributed by atoms with Gasteiger partial charge in [-0.3, -0.25) is 0 Å². The molecule has 8 N–H and O–H groups in total. The third-order valence-corrected chi connectivity index (χ3v) is 6.35. The summed E-state index contributed by atoms with van der Waals surface area (Å²) in [4.78, 5) is 0. The maximum Gasteiger partial charge on any atom is 0.173 e. The highest BCUT2D eigenvalue weighted by Crippen LogP contribution is 2.30. The summed E-state index contributed by atoms with van der Waals surface area (Å²) in [5.74, 6) is 0. The zero-order valence-corrected chi connectivity index (χ0v) is 18.6. The Balaban J connectivity index is 1.76. The van der Waals surface area contributed by atoms with E-state index in [0.29, 0.717) is 6.61 Å². The molecule has 1 heterocycles. The molecule has 2 fully saturated rings. The van der Waals surface area contributed by atoms with E-state index in [1.54, 1.807) is 14.2 Å². The average molecular weight is 439 g/mol. The molecule has 2 unspecified atom stereocenters. The molecule has 10 atom stereocenters. The van der Waals surface area contributed by atoms with Crippen molar-refractivity contribution in [2.24, 2.45) is 17.2 Å². The summed E-state index contributed by atoms with van der Waals surface area (Å²) in [7, 11) is 3.35. The summed E-state index contributed by atoms with van der Waals surface area (Å²) < 4.78 is 24.1. The lowest BCUT2D eigenvalue weighted by Crippen LogP contribution is -2.72. The number of nitrogens with one attached hydrogen (secondary N) is 1. The third-order valence-electron chi connectivity index (χ3n) is 6.35. The van der Waals surface area contributed by atoms with Crippen LogP contribution in [0.15, 0.2) is 30.3 Å². The van der Waals surface area contributed by atoms with Crippen molar-refractivity contribution in [3.8, 4) is 0 Å². The molecule has 9 nitrogen and oxygen atoms in total. The quantitative estimate of drug-likeness (QED) is 0.360. The van der Waals surface area contributed by atoms with Crippen LogP contribution in [0.2, 0.25) is 0 Å². The molecule has 31 heavy (non-hydrogen) atoms. The molecule has 1 aliphatic heterocycles. The van der Waals surface area contributed by atoms with E-state index in [-0.39, 0.29) is 18.2 Å². The molecule has 1 aromatic carbocycles. The molecule has 1 saturated carbocycles. The minimum Gasteiger partial charge on any atom is -0.389 e. The molecule has 3 rings (SSSR count). The van der Waals surface area contributed by atoms with Crippen LogP contribution in [0.25, 0.3) is 0 Å². The van der Waals surface area contributed by atoms with E-state index in [1.807, 2.05) is 37.3 Å². The second-order valence-electron chi connectivity index (χ2n) is 8.59. The first-order chi connectivity index (χ1) is 14.9. The van der Waals surface area contributed by atoms with Crippen LogP contribution in [0, 0.1) is 0 Å². The van der Waals surface area contributed by atoms with Gasteiger partial charge in [0.1, 0.15) is 18.3 Å². The van der Waals surface area contributed by atoms with Gasteiger partial charge in [-0.1, -0.05) is 30.3 Å². The molecule has 1 aliphatic carbocycles. The Kier molecular flexibility index (Phi) is 8.80. The number of likely N-dealkylation sites (N-methyl/N-ethyl adjacent to an activating group) is 1. The smallest absolute Gasteiger partial charge is 0.173 e. The van der Waals surface area contributed by atoms with Crippen molar-refractivity contribution in [2.75, 3.05) is 14.2 Å². The van der Waals surface area contributed by atoms with E-state index in [4.69, 9.17) is 36.1 Å². The summed E-state index contributed by atoms with van der Waals surface area (Å²) >= 11 is 0. The molecule has 9 heteroatoms. The zero-order valence-electron chi connectivity index (χ0n) is 18.6. The summed E-state index contributed by atoms with van der Waals surface area (Å²) in [5.41, 5.74) is 19.9. The van der Waals surface area contributed by atoms with Crippen LogP contribution in [0.1, 0.15) is 25.3 Å². The monoisotopic (exact) mass is 438 g/mol. The van der Waals surface area contributed by atoms with Gasteiger partial charge in [-0.15, -0.1) is 0 Å². The van der Waals surface area contributed by atoms with Gasteiger partial charge in [0, 0.05) is 13.2 Å². The molecule has 0 radical (unpaired) electrons. The molecule has 0 spiro atoms. The van der Waals surface area contributed by atoms with Crippen molar-refractivity contribution in [3.05, 3.63) is 35.9 Å². The fourth-order valence-corrected chi connectivity index (χ4v) is 4.51. The number of aliphatic hydroxyl groups is 1. The maximum atomic E-state index is 11.1. The highest BCUT2D eigenvalue weighted by Gasteiger charge is 2.51. The molecule has 176 valence electrons. The standard InChI is InChI=1S/C22H38N4O5/c1-12(23)15-10-9-14(24)22(30-15)31-19-16(25)20(21(28-3)17(26-2)18(19)27)29-11-13-7-5-4-6-8-13/h4-8,12,14-22,26-27H,9-11,23-25H2,1-3H3/t12?,14-,15+,16?,17-,18-,19-,20-,21-,22-/m1/s1. The van der Waals surface area contributed by atoms with E-state index >= 15 is 0 Å². The van der Waals surface area contributed by atoms with Crippen LogP contribution in [-0.2, 0) is 25.6 Å². The first-order valence-corrected chi connectivity index (χ1v) is 11.0. The number of ether oxygens (including phenoxy) is 4. The van der Waals surface area contributed by atoms with Crippen molar-refractivity contribution in [2.45, 2.75) is 87.3 Å². The van der Waals surface area contributed by atoms with Crippen LogP contribution in [-0.4, -0.2) is 80.2 Å². The van der Waals surface area contributed by atoms with Crippen molar-refractivity contribution in [1.82, 2.24) is 5.32 Å². The molecular weight excluding hydrogens is 400 g/mol. The Morgan fingerprint density at radius 2 is 1.87 bits per heavy atom. The van der Waals surface area contributed by atoms with E-state index in [9.17, 15) is 5.11 Å². The number of rotatable bonds is 8. The van der Waals surface area contributed by atoms with E-state index < -0.39 is 42.8 Å². The molecule has 0 bridgehead atoms. The number of hydrogen-bond donors (Lipinski definition) is 5. The topological polar surface area (TPSA) is 147 Å². The summed E-state index contributed by atoms with van der Waals surface area (Å²) in [5, 5.41) is 14.2. The highest BCUT2D eigenvalue weighted by atomic mass is 16.7. The van der Waals surface area contributed by atoms with E-state index in [0.717, 1.165) is 18.4 Å². The van der Waals surface area contributed by atoms with Crippen LogP contribution < -0.4 is 22.5 Å². The number of nitrogens with two attached hydrogens (primary N) is 3.